The highest BCUT2D eigenvalue weighted by Crippen LogP contribution is 2.27. The van der Waals surface area contributed by atoms with E-state index in [2.05, 4.69) is 10.6 Å². The van der Waals surface area contributed by atoms with Crippen LogP contribution in [0, 0.1) is 0 Å². The van der Waals surface area contributed by atoms with Gasteiger partial charge in [-0.3, -0.25) is 9.69 Å². The van der Waals surface area contributed by atoms with E-state index in [0.717, 1.165) is 5.69 Å². The molecular formula is C14H19F2N3O. The number of carbonyl (C=O) groups is 1. The number of halogens is 2. The SMILES string of the molecule is CNc1cccc(NC(=O)CN2CCC(F)(F)CC2)c1. The fourth-order valence-electron chi connectivity index (χ4n) is 2.19. The molecule has 1 aromatic rings. The van der Waals surface area contributed by atoms with Crippen molar-refractivity contribution in [2.75, 3.05) is 37.3 Å². The number of benzene rings is 1. The number of anilines is 2. The number of likely N-dealkylation sites (tertiary alicyclic amines) is 1. The van der Waals surface area contributed by atoms with Crippen LogP contribution in [-0.4, -0.2) is 43.4 Å². The number of hydrogen-bond donors (Lipinski definition) is 2. The summed E-state index contributed by atoms with van der Waals surface area (Å²) in [6.45, 7) is 0.674. The van der Waals surface area contributed by atoms with E-state index in [-0.39, 0.29) is 38.4 Å². The predicted octanol–water partition coefficient (Wildman–Crippen LogP) is 2.40. The average molecular weight is 283 g/mol. The zero-order valence-electron chi connectivity index (χ0n) is 11.5. The van der Waals surface area contributed by atoms with Crippen LogP contribution in [0.1, 0.15) is 12.8 Å². The quantitative estimate of drug-likeness (QED) is 0.892. The molecule has 0 aromatic heterocycles. The minimum absolute atomic E-state index is 0.153. The van der Waals surface area contributed by atoms with Crippen molar-refractivity contribution in [2.24, 2.45) is 0 Å². The minimum atomic E-state index is -2.58. The number of amides is 1. The van der Waals surface area contributed by atoms with Gasteiger partial charge in [0.1, 0.15) is 0 Å². The topological polar surface area (TPSA) is 44.4 Å². The first-order valence-electron chi connectivity index (χ1n) is 6.66. The summed E-state index contributed by atoms with van der Waals surface area (Å²) in [5, 5.41) is 5.76. The number of rotatable bonds is 4. The van der Waals surface area contributed by atoms with Crippen molar-refractivity contribution in [1.82, 2.24) is 4.90 Å². The van der Waals surface area contributed by atoms with Crippen LogP contribution >= 0.6 is 0 Å². The molecule has 1 saturated heterocycles. The van der Waals surface area contributed by atoms with Crippen LogP contribution in [0.2, 0.25) is 0 Å². The monoisotopic (exact) mass is 283 g/mol. The molecule has 1 aliphatic rings. The Kier molecular flexibility index (Phi) is 4.54. The van der Waals surface area contributed by atoms with Crippen molar-refractivity contribution in [2.45, 2.75) is 18.8 Å². The molecule has 4 nitrogen and oxygen atoms in total. The lowest BCUT2D eigenvalue weighted by molar-refractivity contribution is -0.119. The summed E-state index contributed by atoms with van der Waals surface area (Å²) in [7, 11) is 1.80. The van der Waals surface area contributed by atoms with E-state index < -0.39 is 5.92 Å². The van der Waals surface area contributed by atoms with Gasteiger partial charge in [-0.2, -0.15) is 0 Å². The third kappa shape index (κ3) is 4.16. The van der Waals surface area contributed by atoms with E-state index in [1.165, 1.54) is 0 Å². The second-order valence-corrected chi connectivity index (χ2v) is 5.01. The second-order valence-electron chi connectivity index (χ2n) is 5.01. The Labute approximate surface area is 117 Å². The van der Waals surface area contributed by atoms with E-state index >= 15 is 0 Å². The molecular weight excluding hydrogens is 264 g/mol. The van der Waals surface area contributed by atoms with Gasteiger partial charge in [0.15, 0.2) is 0 Å². The molecule has 1 aliphatic heterocycles. The first kappa shape index (κ1) is 14.7. The standard InChI is InChI=1S/C14H19F2N3O/c1-17-11-3-2-4-12(9-11)18-13(20)10-19-7-5-14(15,16)6-8-19/h2-4,9,17H,5-8,10H2,1H3,(H,18,20). The Morgan fingerprint density at radius 2 is 1.95 bits per heavy atom. The van der Waals surface area contributed by atoms with E-state index in [4.69, 9.17) is 0 Å². The summed E-state index contributed by atoms with van der Waals surface area (Å²) in [6.07, 6.45) is -0.342. The highest BCUT2D eigenvalue weighted by Gasteiger charge is 2.34. The maximum atomic E-state index is 13.0. The van der Waals surface area contributed by atoms with Crippen LogP contribution in [0.25, 0.3) is 0 Å². The highest BCUT2D eigenvalue weighted by molar-refractivity contribution is 5.92. The molecule has 110 valence electrons. The van der Waals surface area contributed by atoms with Gasteiger partial charge in [-0.05, 0) is 18.2 Å². The smallest absolute Gasteiger partial charge is 0.250 e. The van der Waals surface area contributed by atoms with E-state index in [9.17, 15) is 13.6 Å². The zero-order chi connectivity index (χ0) is 14.6. The van der Waals surface area contributed by atoms with Gasteiger partial charge in [0.05, 0.1) is 6.54 Å². The molecule has 0 saturated carbocycles. The summed E-state index contributed by atoms with van der Waals surface area (Å²) in [4.78, 5) is 13.6. The van der Waals surface area contributed by atoms with Crippen molar-refractivity contribution in [3.63, 3.8) is 0 Å². The molecule has 2 N–H and O–H groups in total. The molecule has 0 bridgehead atoms. The molecule has 0 atom stereocenters. The van der Waals surface area contributed by atoms with Gasteiger partial charge in [0.2, 0.25) is 5.91 Å². The Bertz CT molecular complexity index is 469. The molecule has 0 unspecified atom stereocenters. The first-order chi connectivity index (χ1) is 9.48. The maximum absolute atomic E-state index is 13.0. The second kappa shape index (κ2) is 6.17. The lowest BCUT2D eigenvalue weighted by Crippen LogP contribution is -2.42. The molecule has 0 spiro atoms. The Hall–Kier alpha value is -1.69. The molecule has 20 heavy (non-hydrogen) atoms. The van der Waals surface area contributed by atoms with Gasteiger partial charge in [0.25, 0.3) is 5.92 Å². The van der Waals surface area contributed by atoms with Gasteiger partial charge in [-0.25, -0.2) is 8.78 Å². The van der Waals surface area contributed by atoms with Crippen LogP contribution in [0.4, 0.5) is 20.2 Å². The van der Waals surface area contributed by atoms with Crippen molar-refractivity contribution in [1.29, 1.82) is 0 Å². The van der Waals surface area contributed by atoms with Crippen LogP contribution < -0.4 is 10.6 Å². The van der Waals surface area contributed by atoms with Crippen LogP contribution in [0.15, 0.2) is 24.3 Å². The van der Waals surface area contributed by atoms with Crippen molar-refractivity contribution >= 4 is 17.3 Å². The Balaban J connectivity index is 1.83. The summed E-state index contributed by atoms with van der Waals surface area (Å²) in [5.74, 6) is -2.75. The molecule has 1 fully saturated rings. The number of piperidine rings is 1. The van der Waals surface area contributed by atoms with Crippen molar-refractivity contribution in [3.05, 3.63) is 24.3 Å². The summed E-state index contributed by atoms with van der Waals surface area (Å²) < 4.78 is 26.0. The molecule has 0 aliphatic carbocycles. The maximum Gasteiger partial charge on any atom is 0.250 e. The zero-order valence-corrected chi connectivity index (χ0v) is 11.5. The molecule has 2 rings (SSSR count). The molecule has 1 heterocycles. The van der Waals surface area contributed by atoms with Gasteiger partial charge in [0, 0.05) is 44.4 Å². The van der Waals surface area contributed by atoms with E-state index in [1.807, 2.05) is 18.2 Å². The number of nitrogens with one attached hydrogen (secondary N) is 2. The number of carbonyl (C=O) groups excluding carboxylic acids is 1. The largest absolute Gasteiger partial charge is 0.388 e. The average Bonchev–Trinajstić information content (AvgIpc) is 2.41. The fraction of sp³-hybridized carbons (Fsp3) is 0.500. The highest BCUT2D eigenvalue weighted by atomic mass is 19.3. The van der Waals surface area contributed by atoms with E-state index in [0.29, 0.717) is 5.69 Å². The molecule has 1 amide bonds. The van der Waals surface area contributed by atoms with Gasteiger partial charge in [-0.1, -0.05) is 6.07 Å². The molecule has 1 aromatic carbocycles. The lowest BCUT2D eigenvalue weighted by atomic mass is 10.1. The fourth-order valence-corrected chi connectivity index (χ4v) is 2.19. The Morgan fingerprint density at radius 1 is 1.30 bits per heavy atom. The number of alkyl halides is 2. The van der Waals surface area contributed by atoms with Crippen LogP contribution in [0.3, 0.4) is 0 Å². The summed E-state index contributed by atoms with van der Waals surface area (Å²) >= 11 is 0. The van der Waals surface area contributed by atoms with Gasteiger partial charge >= 0.3 is 0 Å². The normalized spacial score (nSPS) is 18.6. The summed E-state index contributed by atoms with van der Waals surface area (Å²) in [5.41, 5.74) is 1.60. The third-order valence-electron chi connectivity index (χ3n) is 3.39. The van der Waals surface area contributed by atoms with Gasteiger partial charge in [-0.15, -0.1) is 0 Å². The third-order valence-corrected chi connectivity index (χ3v) is 3.39. The van der Waals surface area contributed by atoms with Crippen LogP contribution in [0.5, 0.6) is 0 Å². The minimum Gasteiger partial charge on any atom is -0.388 e. The molecule has 6 heteroatoms. The van der Waals surface area contributed by atoms with Crippen LogP contribution in [-0.2, 0) is 4.79 Å². The number of hydrogen-bond acceptors (Lipinski definition) is 3. The Morgan fingerprint density at radius 3 is 2.60 bits per heavy atom. The van der Waals surface area contributed by atoms with E-state index in [1.54, 1.807) is 18.0 Å². The van der Waals surface area contributed by atoms with Gasteiger partial charge < -0.3 is 10.6 Å². The van der Waals surface area contributed by atoms with Crippen molar-refractivity contribution in [3.8, 4) is 0 Å². The molecule has 0 radical (unpaired) electrons. The predicted molar refractivity (Wildman–Crippen MR) is 75.2 cm³/mol. The number of nitrogens with zero attached hydrogens (tertiary/aromatic N) is 1. The van der Waals surface area contributed by atoms with Crippen molar-refractivity contribution < 1.29 is 13.6 Å². The first-order valence-corrected chi connectivity index (χ1v) is 6.66. The summed E-state index contributed by atoms with van der Waals surface area (Å²) in [6, 6.07) is 7.34. The lowest BCUT2D eigenvalue weighted by Gasteiger charge is -2.31.